The molecule has 0 radical (unpaired) electrons. The molecule has 0 saturated carbocycles. The zero-order chi connectivity index (χ0) is 22.1. The molecule has 0 unspecified atom stereocenters. The summed E-state index contributed by atoms with van der Waals surface area (Å²) >= 11 is 1.24. The fourth-order valence-electron chi connectivity index (χ4n) is 3.37. The summed E-state index contributed by atoms with van der Waals surface area (Å²) in [6.45, 7) is 0.518. The summed E-state index contributed by atoms with van der Waals surface area (Å²) in [6.07, 6.45) is 1.52. The van der Waals surface area contributed by atoms with Gasteiger partial charge in [0.1, 0.15) is 5.82 Å². The predicted octanol–water partition coefficient (Wildman–Crippen LogP) is 4.57. The smallest absolute Gasteiger partial charge is 0.262 e. The summed E-state index contributed by atoms with van der Waals surface area (Å²) in [5.74, 6) is 0.339. The van der Waals surface area contributed by atoms with Crippen LogP contribution in [-0.2, 0) is 11.3 Å². The number of hydrogen-bond donors (Lipinski definition) is 2. The molecule has 2 aliphatic rings. The molecule has 8 heteroatoms. The zero-order valence-electron chi connectivity index (χ0n) is 16.7. The molecule has 0 atom stereocenters. The molecule has 0 saturated heterocycles. The van der Waals surface area contributed by atoms with Crippen molar-refractivity contribution in [1.82, 2.24) is 5.32 Å². The van der Waals surface area contributed by atoms with E-state index in [0.29, 0.717) is 39.8 Å². The fraction of sp³-hybridized carbons (Fsp3) is 0.0833. The number of anilines is 1. The lowest BCUT2D eigenvalue weighted by Crippen LogP contribution is -2.23. The summed E-state index contributed by atoms with van der Waals surface area (Å²) in [5.41, 5.74) is 2.19. The Bertz CT molecular complexity index is 1270. The minimum atomic E-state index is -0.395. The molecule has 2 aliphatic heterocycles. The molecule has 2 heterocycles. The first-order valence-electron chi connectivity index (χ1n) is 9.83. The van der Waals surface area contributed by atoms with Gasteiger partial charge in [-0.15, -0.1) is 0 Å². The first-order chi connectivity index (χ1) is 15.6. The summed E-state index contributed by atoms with van der Waals surface area (Å²) in [5, 5.41) is 5.65. The largest absolute Gasteiger partial charge is 0.454 e. The second-order valence-corrected chi connectivity index (χ2v) is 8.25. The Labute approximate surface area is 187 Å². The molecule has 0 spiro atoms. The second kappa shape index (κ2) is 8.39. The normalized spacial score (nSPS) is 15.3. The van der Waals surface area contributed by atoms with Crippen LogP contribution in [0.25, 0.3) is 6.08 Å². The molecular weight excluding hydrogens is 431 g/mol. The molecule has 0 aliphatic carbocycles. The van der Waals surface area contributed by atoms with Gasteiger partial charge in [-0.2, -0.15) is 0 Å². The van der Waals surface area contributed by atoms with Crippen molar-refractivity contribution in [2.24, 2.45) is 0 Å². The average molecular weight is 448 g/mol. The number of benzene rings is 3. The van der Waals surface area contributed by atoms with E-state index in [-0.39, 0.29) is 18.6 Å². The minimum Gasteiger partial charge on any atom is -0.454 e. The van der Waals surface area contributed by atoms with Gasteiger partial charge in [-0.25, -0.2) is 4.39 Å². The van der Waals surface area contributed by atoms with Gasteiger partial charge in [-0.05, 0) is 48.0 Å². The first-order valence-corrected chi connectivity index (χ1v) is 10.6. The van der Waals surface area contributed by atoms with E-state index in [4.69, 9.17) is 9.47 Å². The highest BCUT2D eigenvalue weighted by atomic mass is 32.2. The molecule has 0 aromatic heterocycles. The van der Waals surface area contributed by atoms with Crippen molar-refractivity contribution in [2.45, 2.75) is 11.4 Å². The summed E-state index contributed by atoms with van der Waals surface area (Å²) in [6, 6.07) is 16.9. The predicted molar refractivity (Wildman–Crippen MR) is 119 cm³/mol. The number of halogens is 1. The van der Waals surface area contributed by atoms with E-state index < -0.39 is 5.82 Å². The zero-order valence-corrected chi connectivity index (χ0v) is 17.5. The van der Waals surface area contributed by atoms with Gasteiger partial charge < -0.3 is 20.1 Å². The summed E-state index contributed by atoms with van der Waals surface area (Å²) in [4.78, 5) is 26.3. The van der Waals surface area contributed by atoms with Crippen LogP contribution in [0.3, 0.4) is 0 Å². The van der Waals surface area contributed by atoms with Crippen molar-refractivity contribution in [3.63, 3.8) is 0 Å². The van der Waals surface area contributed by atoms with Crippen molar-refractivity contribution >= 4 is 35.3 Å². The molecule has 3 aromatic carbocycles. The van der Waals surface area contributed by atoms with Gasteiger partial charge in [0.15, 0.2) is 11.5 Å². The molecule has 5 rings (SSSR count). The van der Waals surface area contributed by atoms with Gasteiger partial charge in [0.2, 0.25) is 6.79 Å². The van der Waals surface area contributed by atoms with E-state index in [9.17, 15) is 14.0 Å². The van der Waals surface area contributed by atoms with Gasteiger partial charge in [0.25, 0.3) is 11.8 Å². The number of carbonyl (C=O) groups excluding carboxylic acids is 2. The van der Waals surface area contributed by atoms with Gasteiger partial charge in [-0.3, -0.25) is 9.59 Å². The standard InChI is InChI=1S/C24H17FN2O4S/c25-17-4-2-1-3-15(17)11-22-24(29)27-18-10-16(6-8-21(18)32-22)23(28)26-12-14-5-7-19-20(9-14)31-13-30-19/h1-11H,12-13H2,(H,26,28)(H,27,29)/b22-11+. The number of amides is 2. The number of hydrogen-bond acceptors (Lipinski definition) is 5. The van der Waals surface area contributed by atoms with Crippen LogP contribution in [0.4, 0.5) is 10.1 Å². The Morgan fingerprint density at radius 2 is 1.94 bits per heavy atom. The Morgan fingerprint density at radius 3 is 2.81 bits per heavy atom. The maximum Gasteiger partial charge on any atom is 0.262 e. The lowest BCUT2D eigenvalue weighted by atomic mass is 10.1. The maximum absolute atomic E-state index is 13.9. The van der Waals surface area contributed by atoms with E-state index in [2.05, 4.69) is 10.6 Å². The van der Waals surface area contributed by atoms with Crippen molar-refractivity contribution < 1.29 is 23.5 Å². The molecule has 2 amide bonds. The number of carbonyl (C=O) groups is 2. The summed E-state index contributed by atoms with van der Waals surface area (Å²) in [7, 11) is 0. The lowest BCUT2D eigenvalue weighted by molar-refractivity contribution is -0.112. The van der Waals surface area contributed by atoms with E-state index in [1.165, 1.54) is 23.9 Å². The van der Waals surface area contributed by atoms with Crippen LogP contribution in [0.2, 0.25) is 0 Å². The van der Waals surface area contributed by atoms with E-state index in [1.54, 1.807) is 36.4 Å². The van der Waals surface area contributed by atoms with Crippen LogP contribution < -0.4 is 20.1 Å². The molecule has 0 fully saturated rings. The van der Waals surface area contributed by atoms with Crippen molar-refractivity contribution in [1.29, 1.82) is 0 Å². The molecule has 6 nitrogen and oxygen atoms in total. The molecule has 32 heavy (non-hydrogen) atoms. The lowest BCUT2D eigenvalue weighted by Gasteiger charge is -2.19. The number of thioether (sulfide) groups is 1. The maximum atomic E-state index is 13.9. The van der Waals surface area contributed by atoms with Gasteiger partial charge in [0, 0.05) is 22.6 Å². The van der Waals surface area contributed by atoms with Crippen LogP contribution in [-0.4, -0.2) is 18.6 Å². The Hall–Kier alpha value is -3.78. The van der Waals surface area contributed by atoms with Gasteiger partial charge >= 0.3 is 0 Å². The van der Waals surface area contributed by atoms with Crippen molar-refractivity contribution in [3.05, 3.63) is 88.1 Å². The number of rotatable bonds is 4. The van der Waals surface area contributed by atoms with Gasteiger partial charge in [0.05, 0.1) is 10.6 Å². The SMILES string of the molecule is O=C1Nc2cc(C(=O)NCc3ccc4c(c3)OCO4)ccc2S/C1=C/c1ccccc1F. The fourth-order valence-corrected chi connectivity index (χ4v) is 4.29. The minimum absolute atomic E-state index is 0.196. The van der Waals surface area contributed by atoms with Crippen LogP contribution in [0.1, 0.15) is 21.5 Å². The number of nitrogens with one attached hydrogen (secondary N) is 2. The van der Waals surface area contributed by atoms with Crippen LogP contribution >= 0.6 is 11.8 Å². The van der Waals surface area contributed by atoms with E-state index in [1.807, 2.05) is 18.2 Å². The third-order valence-electron chi connectivity index (χ3n) is 5.02. The topological polar surface area (TPSA) is 76.7 Å². The van der Waals surface area contributed by atoms with Crippen LogP contribution in [0.15, 0.2) is 70.5 Å². The van der Waals surface area contributed by atoms with Crippen molar-refractivity contribution in [3.8, 4) is 11.5 Å². The molecule has 160 valence electrons. The van der Waals surface area contributed by atoms with Crippen LogP contribution in [0.5, 0.6) is 11.5 Å². The van der Waals surface area contributed by atoms with Crippen molar-refractivity contribution in [2.75, 3.05) is 12.1 Å². The number of fused-ring (bicyclic) bond motifs is 2. The Balaban J connectivity index is 1.29. The quantitative estimate of drug-likeness (QED) is 0.572. The molecule has 2 N–H and O–H groups in total. The number of ether oxygens (including phenoxy) is 2. The molecule has 3 aromatic rings. The molecule has 0 bridgehead atoms. The average Bonchev–Trinajstić information content (AvgIpc) is 3.27. The highest BCUT2D eigenvalue weighted by Crippen LogP contribution is 2.39. The van der Waals surface area contributed by atoms with E-state index in [0.717, 1.165) is 10.5 Å². The monoisotopic (exact) mass is 448 g/mol. The molecular formula is C24H17FN2O4S. The van der Waals surface area contributed by atoms with E-state index >= 15 is 0 Å². The Kier molecular flexibility index (Phi) is 5.28. The summed E-state index contributed by atoms with van der Waals surface area (Å²) < 4.78 is 24.6. The van der Waals surface area contributed by atoms with Gasteiger partial charge in [-0.1, -0.05) is 36.0 Å². The highest BCUT2D eigenvalue weighted by Gasteiger charge is 2.23. The highest BCUT2D eigenvalue weighted by molar-refractivity contribution is 8.04. The third-order valence-corrected chi connectivity index (χ3v) is 6.11. The van der Waals surface area contributed by atoms with Crippen LogP contribution in [0, 0.1) is 5.82 Å². The third kappa shape index (κ3) is 4.04. The Morgan fingerprint density at radius 1 is 1.09 bits per heavy atom. The first kappa shape index (κ1) is 20.1. The second-order valence-electron chi connectivity index (χ2n) is 7.17.